The van der Waals surface area contributed by atoms with Gasteiger partial charge in [0.1, 0.15) is 5.82 Å². The number of rotatable bonds is 4. The fourth-order valence-corrected chi connectivity index (χ4v) is 2.62. The van der Waals surface area contributed by atoms with Crippen molar-refractivity contribution in [3.8, 4) is 0 Å². The highest BCUT2D eigenvalue weighted by atomic mass is 19.1. The second-order valence-electron chi connectivity index (χ2n) is 5.23. The first-order valence-electron chi connectivity index (χ1n) is 7.26. The van der Waals surface area contributed by atoms with E-state index in [1.54, 1.807) is 6.07 Å². The molecular formula is C14H17FN6O. The third-order valence-electron chi connectivity index (χ3n) is 3.70. The molecule has 1 unspecified atom stereocenters. The third kappa shape index (κ3) is 3.38. The molecule has 2 aromatic rings. The number of anilines is 2. The van der Waals surface area contributed by atoms with Crippen molar-refractivity contribution in [2.45, 2.75) is 25.3 Å². The highest BCUT2D eigenvalue weighted by Crippen LogP contribution is 2.22. The van der Waals surface area contributed by atoms with E-state index in [4.69, 9.17) is 0 Å². The number of aromatic amines is 1. The maximum Gasteiger partial charge on any atom is 0.264 e. The minimum atomic E-state index is -0.456. The van der Waals surface area contributed by atoms with Crippen molar-refractivity contribution in [2.75, 3.05) is 23.3 Å². The Hall–Kier alpha value is -2.51. The highest BCUT2D eigenvalue weighted by molar-refractivity contribution is 5.39. The summed E-state index contributed by atoms with van der Waals surface area (Å²) in [5.74, 6) is 0.703. The monoisotopic (exact) mass is 304 g/mol. The molecule has 0 aromatic carbocycles. The quantitative estimate of drug-likeness (QED) is 0.882. The predicted molar refractivity (Wildman–Crippen MR) is 80.3 cm³/mol. The second kappa shape index (κ2) is 6.50. The Bertz CT molecular complexity index is 653. The van der Waals surface area contributed by atoms with Gasteiger partial charge in [-0.05, 0) is 25.3 Å². The van der Waals surface area contributed by atoms with Gasteiger partial charge in [-0.1, -0.05) is 0 Å². The zero-order valence-corrected chi connectivity index (χ0v) is 12.0. The standard InChI is InChI=1S/C14H17FN6O/c15-10-7-16-14(17-8-10)18-9-11-3-1-2-6-21(11)12-4-5-13(22)20-19-12/h4-5,7-8,11H,1-3,6,9H2,(H,20,22)(H,16,17,18). The van der Waals surface area contributed by atoms with Crippen LogP contribution >= 0.6 is 0 Å². The summed E-state index contributed by atoms with van der Waals surface area (Å²) >= 11 is 0. The van der Waals surface area contributed by atoms with Crippen LogP contribution in [0.1, 0.15) is 19.3 Å². The minimum Gasteiger partial charge on any atom is -0.352 e. The van der Waals surface area contributed by atoms with Crippen LogP contribution in [0.2, 0.25) is 0 Å². The lowest BCUT2D eigenvalue weighted by Crippen LogP contribution is -2.44. The van der Waals surface area contributed by atoms with Crippen molar-refractivity contribution in [3.05, 3.63) is 40.7 Å². The van der Waals surface area contributed by atoms with Gasteiger partial charge < -0.3 is 10.2 Å². The minimum absolute atomic E-state index is 0.213. The van der Waals surface area contributed by atoms with E-state index in [-0.39, 0.29) is 11.6 Å². The number of halogens is 1. The van der Waals surface area contributed by atoms with Crippen molar-refractivity contribution < 1.29 is 4.39 Å². The van der Waals surface area contributed by atoms with Crippen LogP contribution in [0.15, 0.2) is 29.3 Å². The number of nitrogens with one attached hydrogen (secondary N) is 2. The maximum atomic E-state index is 12.8. The Morgan fingerprint density at radius 3 is 2.86 bits per heavy atom. The van der Waals surface area contributed by atoms with Crippen LogP contribution in [-0.2, 0) is 0 Å². The molecule has 1 fully saturated rings. The van der Waals surface area contributed by atoms with Crippen LogP contribution in [0.4, 0.5) is 16.2 Å². The van der Waals surface area contributed by atoms with Crippen molar-refractivity contribution in [2.24, 2.45) is 0 Å². The zero-order valence-electron chi connectivity index (χ0n) is 12.0. The van der Waals surface area contributed by atoms with E-state index < -0.39 is 5.82 Å². The lowest BCUT2D eigenvalue weighted by Gasteiger charge is -2.36. The molecule has 1 aliphatic heterocycles. The molecule has 0 aliphatic carbocycles. The number of piperidine rings is 1. The average molecular weight is 304 g/mol. The predicted octanol–water partition coefficient (Wildman–Crippen LogP) is 1.17. The summed E-state index contributed by atoms with van der Waals surface area (Å²) in [4.78, 5) is 21.1. The largest absolute Gasteiger partial charge is 0.352 e. The van der Waals surface area contributed by atoms with Crippen LogP contribution in [0, 0.1) is 5.82 Å². The van der Waals surface area contributed by atoms with E-state index in [1.165, 1.54) is 6.07 Å². The van der Waals surface area contributed by atoms with Crippen molar-refractivity contribution in [1.29, 1.82) is 0 Å². The van der Waals surface area contributed by atoms with Gasteiger partial charge >= 0.3 is 0 Å². The van der Waals surface area contributed by atoms with Gasteiger partial charge in [-0.15, -0.1) is 0 Å². The summed E-state index contributed by atoms with van der Waals surface area (Å²) in [6.45, 7) is 1.52. The SMILES string of the molecule is O=c1ccc(N2CCCCC2CNc2ncc(F)cn2)n[nH]1. The summed E-state index contributed by atoms with van der Waals surface area (Å²) in [6, 6.07) is 3.43. The molecule has 116 valence electrons. The Morgan fingerprint density at radius 2 is 2.14 bits per heavy atom. The number of nitrogens with zero attached hydrogens (tertiary/aromatic N) is 4. The van der Waals surface area contributed by atoms with Crippen LogP contribution < -0.4 is 15.8 Å². The van der Waals surface area contributed by atoms with Crippen molar-refractivity contribution in [1.82, 2.24) is 20.2 Å². The van der Waals surface area contributed by atoms with Gasteiger partial charge in [-0.3, -0.25) is 4.79 Å². The van der Waals surface area contributed by atoms with Crippen LogP contribution in [0.3, 0.4) is 0 Å². The van der Waals surface area contributed by atoms with Gasteiger partial charge in [0.25, 0.3) is 5.56 Å². The Labute approximate surface area is 126 Å². The molecule has 2 N–H and O–H groups in total. The van der Waals surface area contributed by atoms with Gasteiger partial charge in [-0.2, -0.15) is 5.10 Å². The van der Waals surface area contributed by atoms with E-state index in [0.29, 0.717) is 12.5 Å². The molecule has 0 bridgehead atoms. The molecule has 0 spiro atoms. The number of hydrogen-bond donors (Lipinski definition) is 2. The highest BCUT2D eigenvalue weighted by Gasteiger charge is 2.23. The van der Waals surface area contributed by atoms with E-state index >= 15 is 0 Å². The Morgan fingerprint density at radius 1 is 1.32 bits per heavy atom. The summed E-state index contributed by atoms with van der Waals surface area (Å²) in [5.41, 5.74) is -0.213. The maximum absolute atomic E-state index is 12.8. The van der Waals surface area contributed by atoms with Gasteiger partial charge in [0.2, 0.25) is 5.95 Å². The first kappa shape index (κ1) is 14.4. The Balaban J connectivity index is 1.68. The van der Waals surface area contributed by atoms with Gasteiger partial charge in [0.15, 0.2) is 5.82 Å². The third-order valence-corrected chi connectivity index (χ3v) is 3.70. The summed E-state index contributed by atoms with van der Waals surface area (Å²) < 4.78 is 12.8. The molecule has 3 rings (SSSR count). The molecular weight excluding hydrogens is 287 g/mol. The van der Waals surface area contributed by atoms with Crippen molar-refractivity contribution in [3.63, 3.8) is 0 Å². The number of H-pyrrole nitrogens is 1. The molecule has 1 aliphatic rings. The lowest BCUT2D eigenvalue weighted by molar-refractivity contribution is 0.467. The molecule has 2 aromatic heterocycles. The fourth-order valence-electron chi connectivity index (χ4n) is 2.62. The second-order valence-corrected chi connectivity index (χ2v) is 5.23. The summed E-state index contributed by atoms with van der Waals surface area (Å²) in [6.07, 6.45) is 5.50. The smallest absolute Gasteiger partial charge is 0.264 e. The molecule has 7 nitrogen and oxygen atoms in total. The van der Waals surface area contributed by atoms with Gasteiger partial charge in [0, 0.05) is 25.2 Å². The van der Waals surface area contributed by atoms with Gasteiger partial charge in [0.05, 0.1) is 12.4 Å². The fraction of sp³-hybridized carbons (Fsp3) is 0.429. The first-order valence-corrected chi connectivity index (χ1v) is 7.26. The molecule has 3 heterocycles. The average Bonchev–Trinajstić information content (AvgIpc) is 2.55. The topological polar surface area (TPSA) is 86.8 Å². The van der Waals surface area contributed by atoms with Gasteiger partial charge in [-0.25, -0.2) is 19.5 Å². The molecule has 22 heavy (non-hydrogen) atoms. The summed E-state index contributed by atoms with van der Waals surface area (Å²) in [5, 5.41) is 9.68. The van der Waals surface area contributed by atoms with Crippen LogP contribution in [0.5, 0.6) is 0 Å². The van der Waals surface area contributed by atoms with E-state index in [2.05, 4.69) is 30.4 Å². The Kier molecular flexibility index (Phi) is 4.27. The van der Waals surface area contributed by atoms with E-state index in [0.717, 1.165) is 44.0 Å². The van der Waals surface area contributed by atoms with Crippen LogP contribution in [-0.4, -0.2) is 39.3 Å². The first-order chi connectivity index (χ1) is 10.7. The number of hydrogen-bond acceptors (Lipinski definition) is 6. The molecule has 0 radical (unpaired) electrons. The van der Waals surface area contributed by atoms with Crippen molar-refractivity contribution >= 4 is 11.8 Å². The zero-order chi connectivity index (χ0) is 15.4. The molecule has 0 saturated carbocycles. The number of aromatic nitrogens is 4. The molecule has 0 amide bonds. The molecule has 1 atom stereocenters. The van der Waals surface area contributed by atoms with E-state index in [1.807, 2.05) is 0 Å². The van der Waals surface area contributed by atoms with Crippen LogP contribution in [0.25, 0.3) is 0 Å². The molecule has 1 saturated heterocycles. The molecule has 8 heteroatoms. The normalized spacial score (nSPS) is 18.2. The lowest BCUT2D eigenvalue weighted by atomic mass is 10.0. The van der Waals surface area contributed by atoms with E-state index in [9.17, 15) is 9.18 Å². The summed E-state index contributed by atoms with van der Waals surface area (Å²) in [7, 11) is 0.